The van der Waals surface area contributed by atoms with Crippen molar-refractivity contribution in [3.63, 3.8) is 0 Å². The van der Waals surface area contributed by atoms with Gasteiger partial charge in [0.25, 0.3) is 5.91 Å². The minimum atomic E-state index is -0.259. The molecule has 2 fully saturated rings. The third kappa shape index (κ3) is 4.47. The minimum Gasteiger partial charge on any atom is -0.491 e. The van der Waals surface area contributed by atoms with Crippen LogP contribution in [0.3, 0.4) is 0 Å². The molecule has 1 aromatic carbocycles. The lowest BCUT2D eigenvalue weighted by molar-refractivity contribution is -0.129. The van der Waals surface area contributed by atoms with E-state index < -0.39 is 0 Å². The highest BCUT2D eigenvalue weighted by atomic mass is 16.5. The number of hydrogen-bond donors (Lipinski definition) is 1. The molecule has 1 unspecified atom stereocenters. The number of nitrogens with zero attached hydrogens (tertiary/aromatic N) is 1. The fraction of sp³-hybridized carbons (Fsp3) is 0.556. The number of carbonyl (C=O) groups excluding carboxylic acids is 2. The highest BCUT2D eigenvalue weighted by Crippen LogP contribution is 2.17. The van der Waals surface area contributed by atoms with Gasteiger partial charge in [-0.1, -0.05) is 6.07 Å². The Morgan fingerprint density at radius 2 is 2.08 bits per heavy atom. The Morgan fingerprint density at radius 1 is 1.25 bits per heavy atom. The molecule has 6 nitrogen and oxygen atoms in total. The van der Waals surface area contributed by atoms with Crippen LogP contribution in [0.25, 0.3) is 0 Å². The molecule has 0 radical (unpaired) electrons. The van der Waals surface area contributed by atoms with E-state index in [4.69, 9.17) is 9.47 Å². The van der Waals surface area contributed by atoms with E-state index in [9.17, 15) is 9.59 Å². The summed E-state index contributed by atoms with van der Waals surface area (Å²) in [6, 6.07) is 7.02. The molecular formula is C18H24N2O4. The van der Waals surface area contributed by atoms with Crippen molar-refractivity contribution in [3.8, 4) is 5.75 Å². The van der Waals surface area contributed by atoms with Gasteiger partial charge in [0.2, 0.25) is 5.91 Å². The number of nitrogens with one attached hydrogen (secondary N) is 1. The molecule has 2 saturated heterocycles. The molecule has 0 bridgehead atoms. The fourth-order valence-electron chi connectivity index (χ4n) is 3.03. The van der Waals surface area contributed by atoms with Crippen LogP contribution in [-0.4, -0.2) is 55.7 Å². The van der Waals surface area contributed by atoms with Crippen molar-refractivity contribution in [1.82, 2.24) is 10.2 Å². The molecule has 2 aliphatic heterocycles. The predicted octanol–water partition coefficient (Wildman–Crippen LogP) is 1.60. The van der Waals surface area contributed by atoms with Crippen molar-refractivity contribution in [1.29, 1.82) is 0 Å². The molecule has 130 valence electrons. The zero-order valence-electron chi connectivity index (χ0n) is 13.8. The molecule has 2 amide bonds. The smallest absolute Gasteiger partial charge is 0.251 e. The van der Waals surface area contributed by atoms with E-state index in [0.29, 0.717) is 17.9 Å². The average molecular weight is 332 g/mol. The number of benzene rings is 1. The van der Waals surface area contributed by atoms with E-state index >= 15 is 0 Å². The van der Waals surface area contributed by atoms with E-state index in [0.717, 1.165) is 45.4 Å². The first kappa shape index (κ1) is 16.8. The summed E-state index contributed by atoms with van der Waals surface area (Å²) in [5.74, 6) is 0.362. The molecule has 24 heavy (non-hydrogen) atoms. The van der Waals surface area contributed by atoms with Crippen molar-refractivity contribution in [2.24, 2.45) is 0 Å². The maximum absolute atomic E-state index is 12.2. The van der Waals surface area contributed by atoms with Gasteiger partial charge in [-0.15, -0.1) is 0 Å². The molecule has 0 aromatic heterocycles. The zero-order chi connectivity index (χ0) is 16.8. The first-order chi connectivity index (χ1) is 11.7. The summed E-state index contributed by atoms with van der Waals surface area (Å²) in [5, 5.41) is 2.69. The molecule has 2 aliphatic rings. The molecule has 2 heterocycles. The van der Waals surface area contributed by atoms with Crippen LogP contribution in [0.1, 0.15) is 36.0 Å². The lowest BCUT2D eigenvalue weighted by atomic mass is 10.2. The zero-order valence-corrected chi connectivity index (χ0v) is 13.8. The maximum Gasteiger partial charge on any atom is 0.251 e. The van der Waals surface area contributed by atoms with Gasteiger partial charge in [-0.3, -0.25) is 9.59 Å². The fourth-order valence-corrected chi connectivity index (χ4v) is 3.03. The molecule has 6 heteroatoms. The van der Waals surface area contributed by atoms with Crippen molar-refractivity contribution in [2.75, 3.05) is 32.8 Å². The standard InChI is InChI=1S/C18H24N2O4/c21-17(20-8-1-2-9-20)12-19-18(22)14-5-3-6-15(11-14)24-13-16-7-4-10-23-16/h3,5-6,11,16H,1-2,4,7-10,12-13H2,(H,19,22). The van der Waals surface area contributed by atoms with Gasteiger partial charge in [0.15, 0.2) is 0 Å². The van der Waals surface area contributed by atoms with Gasteiger partial charge < -0.3 is 19.7 Å². The topological polar surface area (TPSA) is 67.9 Å². The normalized spacial score (nSPS) is 20.2. The van der Waals surface area contributed by atoms with E-state index in [-0.39, 0.29) is 24.5 Å². The Morgan fingerprint density at radius 3 is 2.83 bits per heavy atom. The minimum absolute atomic E-state index is 0.0216. The molecule has 1 N–H and O–H groups in total. The van der Waals surface area contributed by atoms with Gasteiger partial charge in [-0.05, 0) is 43.9 Å². The maximum atomic E-state index is 12.2. The Kier molecular flexibility index (Phi) is 5.69. The summed E-state index contributed by atoms with van der Waals surface area (Å²) in [5.41, 5.74) is 0.495. The number of amides is 2. The predicted molar refractivity (Wildman–Crippen MR) is 89.1 cm³/mol. The van der Waals surface area contributed by atoms with Crippen molar-refractivity contribution < 1.29 is 19.1 Å². The first-order valence-electron chi connectivity index (χ1n) is 8.63. The Bertz CT molecular complexity index is 578. The lowest BCUT2D eigenvalue weighted by Gasteiger charge is -2.15. The van der Waals surface area contributed by atoms with E-state index in [1.165, 1.54) is 0 Å². The van der Waals surface area contributed by atoms with Crippen LogP contribution in [0.5, 0.6) is 5.75 Å². The summed E-state index contributed by atoms with van der Waals surface area (Å²) in [4.78, 5) is 26.0. The van der Waals surface area contributed by atoms with Crippen LogP contribution in [0, 0.1) is 0 Å². The first-order valence-corrected chi connectivity index (χ1v) is 8.63. The number of likely N-dealkylation sites (tertiary alicyclic amines) is 1. The molecule has 1 aromatic rings. The van der Waals surface area contributed by atoms with Gasteiger partial charge in [-0.25, -0.2) is 0 Å². The second-order valence-electron chi connectivity index (χ2n) is 6.24. The van der Waals surface area contributed by atoms with Crippen LogP contribution < -0.4 is 10.1 Å². The van der Waals surface area contributed by atoms with Gasteiger partial charge in [0.1, 0.15) is 12.4 Å². The van der Waals surface area contributed by atoms with E-state index in [2.05, 4.69) is 5.32 Å². The summed E-state index contributed by atoms with van der Waals surface area (Å²) < 4.78 is 11.2. The molecule has 0 spiro atoms. The van der Waals surface area contributed by atoms with Gasteiger partial charge >= 0.3 is 0 Å². The summed E-state index contributed by atoms with van der Waals surface area (Å²) in [6.45, 7) is 2.92. The number of carbonyl (C=O) groups is 2. The number of hydrogen-bond acceptors (Lipinski definition) is 4. The SMILES string of the molecule is O=C(NCC(=O)N1CCCC1)c1cccc(OCC2CCCO2)c1. The van der Waals surface area contributed by atoms with Crippen LogP contribution in [-0.2, 0) is 9.53 Å². The van der Waals surface area contributed by atoms with Crippen LogP contribution in [0.2, 0.25) is 0 Å². The summed E-state index contributed by atoms with van der Waals surface area (Å²) in [7, 11) is 0. The average Bonchev–Trinajstić information content (AvgIpc) is 3.31. The second-order valence-corrected chi connectivity index (χ2v) is 6.24. The summed E-state index contributed by atoms with van der Waals surface area (Å²) in [6.07, 6.45) is 4.31. The Hall–Kier alpha value is -2.08. The Labute approximate surface area is 142 Å². The molecule has 0 aliphatic carbocycles. The second kappa shape index (κ2) is 8.15. The lowest BCUT2D eigenvalue weighted by Crippen LogP contribution is -2.38. The third-order valence-electron chi connectivity index (χ3n) is 4.42. The van der Waals surface area contributed by atoms with E-state index in [1.807, 2.05) is 6.07 Å². The van der Waals surface area contributed by atoms with Gasteiger partial charge in [0, 0.05) is 25.3 Å². The summed E-state index contributed by atoms with van der Waals surface area (Å²) >= 11 is 0. The highest BCUT2D eigenvalue weighted by molar-refractivity contribution is 5.96. The van der Waals surface area contributed by atoms with Crippen molar-refractivity contribution in [3.05, 3.63) is 29.8 Å². The monoisotopic (exact) mass is 332 g/mol. The van der Waals surface area contributed by atoms with Crippen LogP contribution in [0.4, 0.5) is 0 Å². The Balaban J connectivity index is 1.48. The van der Waals surface area contributed by atoms with Crippen LogP contribution >= 0.6 is 0 Å². The molecule has 0 saturated carbocycles. The van der Waals surface area contributed by atoms with Gasteiger partial charge in [-0.2, -0.15) is 0 Å². The largest absolute Gasteiger partial charge is 0.491 e. The van der Waals surface area contributed by atoms with Gasteiger partial charge in [0.05, 0.1) is 12.6 Å². The van der Waals surface area contributed by atoms with Crippen molar-refractivity contribution >= 4 is 11.8 Å². The highest BCUT2D eigenvalue weighted by Gasteiger charge is 2.19. The number of rotatable bonds is 6. The quantitative estimate of drug-likeness (QED) is 0.859. The molecule has 1 atom stereocenters. The van der Waals surface area contributed by atoms with Crippen LogP contribution in [0.15, 0.2) is 24.3 Å². The number of ether oxygens (including phenoxy) is 2. The molecule has 3 rings (SSSR count). The third-order valence-corrected chi connectivity index (χ3v) is 4.42. The van der Waals surface area contributed by atoms with Crippen molar-refractivity contribution in [2.45, 2.75) is 31.8 Å². The van der Waals surface area contributed by atoms with E-state index in [1.54, 1.807) is 23.1 Å². The molecular weight excluding hydrogens is 308 g/mol.